The molecule has 0 heterocycles. The summed E-state index contributed by atoms with van der Waals surface area (Å²) < 4.78 is 0. The SMILES string of the molecule is CN=C(NCCCC(C)C)NCc1cccc(C#N)c1.I. The Morgan fingerprint density at radius 3 is 2.71 bits per heavy atom. The molecule has 1 aromatic rings. The maximum Gasteiger partial charge on any atom is 0.191 e. The molecule has 0 unspecified atom stereocenters. The van der Waals surface area contributed by atoms with Crippen molar-refractivity contribution in [3.63, 3.8) is 0 Å². The fraction of sp³-hybridized carbons (Fsp3) is 0.500. The molecule has 2 N–H and O–H groups in total. The van der Waals surface area contributed by atoms with E-state index in [-0.39, 0.29) is 24.0 Å². The van der Waals surface area contributed by atoms with Gasteiger partial charge in [-0.1, -0.05) is 26.0 Å². The number of hydrogen-bond donors (Lipinski definition) is 2. The number of benzene rings is 1. The van der Waals surface area contributed by atoms with Gasteiger partial charge in [-0.3, -0.25) is 4.99 Å². The van der Waals surface area contributed by atoms with Gasteiger partial charge in [0.2, 0.25) is 0 Å². The van der Waals surface area contributed by atoms with Crippen LogP contribution in [0.3, 0.4) is 0 Å². The van der Waals surface area contributed by atoms with E-state index in [1.54, 1.807) is 7.05 Å². The Labute approximate surface area is 145 Å². The van der Waals surface area contributed by atoms with Gasteiger partial charge in [0, 0.05) is 20.1 Å². The quantitative estimate of drug-likeness (QED) is 0.334. The molecule has 1 aromatic carbocycles. The van der Waals surface area contributed by atoms with Gasteiger partial charge in [-0.15, -0.1) is 24.0 Å². The van der Waals surface area contributed by atoms with Crippen molar-refractivity contribution in [1.29, 1.82) is 5.26 Å². The zero-order valence-corrected chi connectivity index (χ0v) is 15.3. The van der Waals surface area contributed by atoms with Crippen molar-refractivity contribution in [2.45, 2.75) is 33.2 Å². The second-order valence-corrected chi connectivity index (χ2v) is 5.20. The number of guanidine groups is 1. The molecule has 1 rings (SSSR count). The van der Waals surface area contributed by atoms with E-state index in [9.17, 15) is 0 Å². The molecule has 0 aliphatic carbocycles. The van der Waals surface area contributed by atoms with Gasteiger partial charge in [0.1, 0.15) is 0 Å². The minimum atomic E-state index is 0. The Morgan fingerprint density at radius 2 is 2.10 bits per heavy atom. The first kappa shape index (κ1) is 19.7. The fourth-order valence-electron chi connectivity index (χ4n) is 1.87. The number of nitriles is 1. The molecule has 116 valence electrons. The lowest BCUT2D eigenvalue weighted by atomic mass is 10.1. The largest absolute Gasteiger partial charge is 0.356 e. The van der Waals surface area contributed by atoms with Crippen molar-refractivity contribution in [2.75, 3.05) is 13.6 Å². The number of halogens is 1. The smallest absolute Gasteiger partial charge is 0.191 e. The summed E-state index contributed by atoms with van der Waals surface area (Å²) in [6.45, 7) is 6.06. The Balaban J connectivity index is 0.00000400. The van der Waals surface area contributed by atoms with E-state index in [4.69, 9.17) is 5.26 Å². The number of rotatable bonds is 6. The monoisotopic (exact) mass is 400 g/mol. The molecule has 0 fully saturated rings. The van der Waals surface area contributed by atoms with Crippen molar-refractivity contribution >= 4 is 29.9 Å². The molecule has 21 heavy (non-hydrogen) atoms. The highest BCUT2D eigenvalue weighted by molar-refractivity contribution is 14.0. The lowest BCUT2D eigenvalue weighted by Crippen LogP contribution is -2.37. The number of aliphatic imine (C=N–C) groups is 1. The zero-order chi connectivity index (χ0) is 14.8. The minimum Gasteiger partial charge on any atom is -0.356 e. The van der Waals surface area contributed by atoms with Gasteiger partial charge in [-0.25, -0.2) is 0 Å². The van der Waals surface area contributed by atoms with E-state index >= 15 is 0 Å². The molecular weight excluding hydrogens is 375 g/mol. The summed E-state index contributed by atoms with van der Waals surface area (Å²) in [6, 6.07) is 9.74. The van der Waals surface area contributed by atoms with Crippen LogP contribution in [0.25, 0.3) is 0 Å². The van der Waals surface area contributed by atoms with Gasteiger partial charge >= 0.3 is 0 Å². The highest BCUT2D eigenvalue weighted by atomic mass is 127. The molecule has 0 aliphatic rings. The van der Waals surface area contributed by atoms with E-state index < -0.39 is 0 Å². The molecule has 0 aromatic heterocycles. The summed E-state index contributed by atoms with van der Waals surface area (Å²) in [5.41, 5.74) is 1.76. The lowest BCUT2D eigenvalue weighted by molar-refractivity contribution is 0.549. The Kier molecular flexibility index (Phi) is 10.7. The van der Waals surface area contributed by atoms with E-state index in [1.807, 2.05) is 24.3 Å². The topological polar surface area (TPSA) is 60.2 Å². The molecule has 0 aliphatic heterocycles. The average molecular weight is 400 g/mol. The van der Waals surface area contributed by atoms with Crippen LogP contribution in [0.1, 0.15) is 37.8 Å². The highest BCUT2D eigenvalue weighted by Gasteiger charge is 2.00. The summed E-state index contributed by atoms with van der Waals surface area (Å²) in [5, 5.41) is 15.4. The first-order valence-corrected chi connectivity index (χ1v) is 7.09. The van der Waals surface area contributed by atoms with E-state index in [1.165, 1.54) is 6.42 Å². The minimum absolute atomic E-state index is 0. The maximum absolute atomic E-state index is 8.87. The van der Waals surface area contributed by atoms with E-state index in [2.05, 4.69) is 35.5 Å². The molecule has 0 spiro atoms. The van der Waals surface area contributed by atoms with Gasteiger partial charge in [-0.05, 0) is 36.5 Å². The first-order valence-electron chi connectivity index (χ1n) is 7.09. The third kappa shape index (κ3) is 8.56. The summed E-state index contributed by atoms with van der Waals surface area (Å²) in [5.74, 6) is 1.54. The molecule has 0 bridgehead atoms. The second kappa shape index (κ2) is 11.4. The Hall–Kier alpha value is -1.29. The summed E-state index contributed by atoms with van der Waals surface area (Å²) in [7, 11) is 1.77. The van der Waals surface area contributed by atoms with Crippen molar-refractivity contribution in [3.8, 4) is 6.07 Å². The second-order valence-electron chi connectivity index (χ2n) is 5.20. The molecular formula is C16H25IN4. The van der Waals surface area contributed by atoms with Crippen LogP contribution in [0.15, 0.2) is 29.3 Å². The normalized spacial score (nSPS) is 10.7. The van der Waals surface area contributed by atoms with E-state index in [0.717, 1.165) is 30.4 Å². The molecule has 0 amide bonds. The van der Waals surface area contributed by atoms with Crippen LogP contribution in [0, 0.1) is 17.2 Å². The highest BCUT2D eigenvalue weighted by Crippen LogP contribution is 2.04. The van der Waals surface area contributed by atoms with Crippen molar-refractivity contribution in [1.82, 2.24) is 10.6 Å². The van der Waals surface area contributed by atoms with Gasteiger partial charge in [0.05, 0.1) is 11.6 Å². The van der Waals surface area contributed by atoms with Crippen molar-refractivity contribution in [2.24, 2.45) is 10.9 Å². The number of hydrogen-bond acceptors (Lipinski definition) is 2. The summed E-state index contributed by atoms with van der Waals surface area (Å²) >= 11 is 0. The van der Waals surface area contributed by atoms with E-state index in [0.29, 0.717) is 12.1 Å². The van der Waals surface area contributed by atoms with Gasteiger partial charge < -0.3 is 10.6 Å². The van der Waals surface area contributed by atoms with Crippen LogP contribution in [0.2, 0.25) is 0 Å². The number of nitrogens with zero attached hydrogens (tertiary/aromatic N) is 2. The van der Waals surface area contributed by atoms with Crippen molar-refractivity contribution < 1.29 is 0 Å². The van der Waals surface area contributed by atoms with Crippen LogP contribution >= 0.6 is 24.0 Å². The van der Waals surface area contributed by atoms with Crippen LogP contribution in [0.5, 0.6) is 0 Å². The Bertz CT molecular complexity index is 477. The van der Waals surface area contributed by atoms with Gasteiger partial charge in [-0.2, -0.15) is 5.26 Å². The molecule has 4 nitrogen and oxygen atoms in total. The molecule has 0 saturated heterocycles. The summed E-state index contributed by atoms with van der Waals surface area (Å²) in [6.07, 6.45) is 2.36. The average Bonchev–Trinajstić information content (AvgIpc) is 2.46. The van der Waals surface area contributed by atoms with Gasteiger partial charge in [0.25, 0.3) is 0 Å². The molecule has 5 heteroatoms. The fourth-order valence-corrected chi connectivity index (χ4v) is 1.87. The number of nitrogens with one attached hydrogen (secondary N) is 2. The predicted octanol–water partition coefficient (Wildman–Crippen LogP) is 3.28. The van der Waals surface area contributed by atoms with Crippen LogP contribution in [-0.2, 0) is 6.54 Å². The predicted molar refractivity (Wildman–Crippen MR) is 98.8 cm³/mol. The molecule has 0 radical (unpaired) electrons. The first-order chi connectivity index (χ1) is 9.65. The molecule has 0 atom stereocenters. The third-order valence-corrected chi connectivity index (χ3v) is 2.99. The maximum atomic E-state index is 8.87. The standard InChI is InChI=1S/C16H24N4.HI/c1-13(2)6-5-9-19-16(18-3)20-12-15-8-4-7-14(10-15)11-17;/h4,7-8,10,13H,5-6,9,12H2,1-3H3,(H2,18,19,20);1H. The van der Waals surface area contributed by atoms with Crippen LogP contribution < -0.4 is 10.6 Å². The third-order valence-electron chi connectivity index (χ3n) is 2.99. The lowest BCUT2D eigenvalue weighted by Gasteiger charge is -2.12. The van der Waals surface area contributed by atoms with Crippen LogP contribution in [-0.4, -0.2) is 19.6 Å². The van der Waals surface area contributed by atoms with Crippen molar-refractivity contribution in [3.05, 3.63) is 35.4 Å². The Morgan fingerprint density at radius 1 is 1.33 bits per heavy atom. The van der Waals surface area contributed by atoms with Crippen LogP contribution in [0.4, 0.5) is 0 Å². The summed E-state index contributed by atoms with van der Waals surface area (Å²) in [4.78, 5) is 4.19. The molecule has 0 saturated carbocycles. The zero-order valence-electron chi connectivity index (χ0n) is 13.0. The van der Waals surface area contributed by atoms with Gasteiger partial charge in [0.15, 0.2) is 5.96 Å².